The molecule has 1 heterocycles. The normalized spacial score (nSPS) is 10.7. The van der Waals surface area contributed by atoms with Crippen molar-refractivity contribution in [2.24, 2.45) is 0 Å². The van der Waals surface area contributed by atoms with Crippen LogP contribution in [0.3, 0.4) is 0 Å². The Labute approximate surface area is 153 Å². The molecule has 1 nitrogen and oxygen atoms in total. The molecule has 0 aliphatic carbocycles. The minimum Gasteiger partial charge on any atom is -0.293 e. The second kappa shape index (κ2) is 7.54. The van der Waals surface area contributed by atoms with Gasteiger partial charge in [0.1, 0.15) is 4.34 Å². The van der Waals surface area contributed by atoms with Crippen LogP contribution >= 0.6 is 46.3 Å². The number of carbonyl (C=O) groups excluding carboxylic acids is 1. The summed E-state index contributed by atoms with van der Waals surface area (Å²) in [5.74, 6) is 0.322. The second-order valence-electron chi connectivity index (χ2n) is 4.81. The van der Waals surface area contributed by atoms with Crippen molar-refractivity contribution >= 4 is 52.1 Å². The molecule has 0 bridgehead atoms. The van der Waals surface area contributed by atoms with Crippen molar-refractivity contribution in [1.82, 2.24) is 0 Å². The molecule has 116 valence electrons. The summed E-state index contributed by atoms with van der Waals surface area (Å²) < 4.78 is 0.991. The molecule has 0 amide bonds. The Bertz CT molecular complexity index is 828. The lowest BCUT2D eigenvalue weighted by Gasteiger charge is -2.09. The first-order valence-corrected chi connectivity index (χ1v) is 9.46. The fraction of sp³-hybridized carbons (Fsp3) is 0.0556. The van der Waals surface area contributed by atoms with Gasteiger partial charge >= 0.3 is 0 Å². The van der Waals surface area contributed by atoms with Gasteiger partial charge in [0, 0.05) is 10.5 Å². The predicted octanol–water partition coefficient (Wildman–Crippen LogP) is 6.70. The summed E-state index contributed by atoms with van der Waals surface area (Å²) in [5.41, 5.74) is 2.77. The van der Waals surface area contributed by atoms with Gasteiger partial charge in [-0.1, -0.05) is 71.7 Å². The van der Waals surface area contributed by atoms with Gasteiger partial charge in [-0.05, 0) is 23.3 Å². The number of halogens is 2. The second-order valence-corrected chi connectivity index (χ2v) is 8.11. The average Bonchev–Trinajstić information content (AvgIpc) is 2.92. The Morgan fingerprint density at radius 3 is 2.39 bits per heavy atom. The average molecular weight is 379 g/mol. The van der Waals surface area contributed by atoms with Crippen LogP contribution < -0.4 is 0 Å². The van der Waals surface area contributed by atoms with Crippen molar-refractivity contribution in [2.75, 3.05) is 5.75 Å². The van der Waals surface area contributed by atoms with Crippen molar-refractivity contribution in [3.8, 4) is 11.1 Å². The molecule has 0 saturated carbocycles. The third kappa shape index (κ3) is 3.99. The van der Waals surface area contributed by atoms with Gasteiger partial charge in [-0.15, -0.1) is 23.1 Å². The number of carbonyl (C=O) groups is 1. The number of Topliss-reactive ketones (excluding diaryl/α,β-unsaturated/α-hetero) is 1. The van der Waals surface area contributed by atoms with Crippen LogP contribution in [-0.2, 0) is 0 Å². The van der Waals surface area contributed by atoms with Crippen LogP contribution in [0.25, 0.3) is 11.1 Å². The van der Waals surface area contributed by atoms with Gasteiger partial charge in [-0.25, -0.2) is 0 Å². The Morgan fingerprint density at radius 1 is 1.00 bits per heavy atom. The van der Waals surface area contributed by atoms with E-state index in [1.807, 2.05) is 36.4 Å². The zero-order chi connectivity index (χ0) is 16.2. The minimum atomic E-state index is -0.00832. The highest BCUT2D eigenvalue weighted by molar-refractivity contribution is 8.00. The first-order valence-electron chi connectivity index (χ1n) is 6.90. The van der Waals surface area contributed by atoms with Gasteiger partial charge in [0.15, 0.2) is 5.78 Å². The summed E-state index contributed by atoms with van der Waals surface area (Å²) in [6.07, 6.45) is 0. The Kier molecular flexibility index (Phi) is 5.44. The zero-order valence-electron chi connectivity index (χ0n) is 12.0. The van der Waals surface area contributed by atoms with Crippen LogP contribution in [0.4, 0.5) is 0 Å². The quantitative estimate of drug-likeness (QED) is 0.363. The van der Waals surface area contributed by atoms with Crippen LogP contribution in [-0.4, -0.2) is 11.5 Å². The molecule has 0 N–H and O–H groups in total. The summed E-state index contributed by atoms with van der Waals surface area (Å²) in [5, 5.41) is 0. The van der Waals surface area contributed by atoms with E-state index >= 15 is 0 Å². The van der Waals surface area contributed by atoms with Crippen molar-refractivity contribution in [3.63, 3.8) is 0 Å². The van der Waals surface area contributed by atoms with E-state index in [9.17, 15) is 4.79 Å². The van der Waals surface area contributed by atoms with E-state index in [1.54, 1.807) is 6.07 Å². The number of benzene rings is 2. The summed E-state index contributed by atoms with van der Waals surface area (Å²) in [7, 11) is 0. The molecule has 0 atom stereocenters. The van der Waals surface area contributed by atoms with Gasteiger partial charge in [-0.3, -0.25) is 4.79 Å². The molecule has 5 heteroatoms. The number of ketones is 1. The van der Waals surface area contributed by atoms with E-state index < -0.39 is 0 Å². The van der Waals surface area contributed by atoms with Crippen molar-refractivity contribution in [3.05, 3.63) is 74.9 Å². The number of thioether (sulfide) groups is 1. The first kappa shape index (κ1) is 16.6. The fourth-order valence-corrected chi connectivity index (χ4v) is 4.66. The van der Waals surface area contributed by atoms with Crippen LogP contribution in [0.5, 0.6) is 0 Å². The van der Waals surface area contributed by atoms with Gasteiger partial charge in [0.25, 0.3) is 0 Å². The van der Waals surface area contributed by atoms with Crippen LogP contribution in [0.15, 0.2) is 65.6 Å². The lowest BCUT2D eigenvalue weighted by atomic mass is 10.1. The highest BCUT2D eigenvalue weighted by Crippen LogP contribution is 2.34. The Hall–Kier alpha value is -1.26. The van der Waals surface area contributed by atoms with Crippen molar-refractivity contribution in [1.29, 1.82) is 0 Å². The van der Waals surface area contributed by atoms with Gasteiger partial charge in [0.05, 0.1) is 10.1 Å². The SMILES string of the molecule is O=C(CSc1ccccc1-c1ccccc1)c1cc(Cl)sc1Cl. The molecular formula is C18H12Cl2OS2. The maximum Gasteiger partial charge on any atom is 0.175 e. The van der Waals surface area contributed by atoms with E-state index in [4.69, 9.17) is 23.2 Å². The maximum atomic E-state index is 12.3. The molecule has 23 heavy (non-hydrogen) atoms. The van der Waals surface area contributed by atoms with E-state index in [1.165, 1.54) is 23.1 Å². The topological polar surface area (TPSA) is 17.1 Å². The predicted molar refractivity (Wildman–Crippen MR) is 101 cm³/mol. The molecule has 0 spiro atoms. The van der Waals surface area contributed by atoms with E-state index in [0.717, 1.165) is 16.0 Å². The maximum absolute atomic E-state index is 12.3. The van der Waals surface area contributed by atoms with Crippen LogP contribution in [0.1, 0.15) is 10.4 Å². The molecule has 0 unspecified atom stereocenters. The third-order valence-electron chi connectivity index (χ3n) is 3.29. The van der Waals surface area contributed by atoms with Crippen LogP contribution in [0.2, 0.25) is 8.67 Å². The van der Waals surface area contributed by atoms with E-state index in [2.05, 4.69) is 18.2 Å². The highest BCUT2D eigenvalue weighted by Gasteiger charge is 2.15. The number of hydrogen-bond donors (Lipinski definition) is 0. The van der Waals surface area contributed by atoms with Gasteiger partial charge < -0.3 is 0 Å². The largest absolute Gasteiger partial charge is 0.293 e. The summed E-state index contributed by atoms with van der Waals surface area (Å²) >= 11 is 14.7. The molecular weight excluding hydrogens is 367 g/mol. The third-order valence-corrected chi connectivity index (χ3v) is 5.85. The lowest BCUT2D eigenvalue weighted by molar-refractivity contribution is 0.102. The summed E-state index contributed by atoms with van der Waals surface area (Å²) in [4.78, 5) is 13.4. The van der Waals surface area contributed by atoms with Gasteiger partial charge in [-0.2, -0.15) is 0 Å². The van der Waals surface area contributed by atoms with Crippen molar-refractivity contribution < 1.29 is 4.79 Å². The first-order chi connectivity index (χ1) is 11.1. The Balaban J connectivity index is 1.79. The minimum absolute atomic E-state index is 0.00832. The summed E-state index contributed by atoms with van der Waals surface area (Å²) in [6, 6.07) is 19.9. The monoisotopic (exact) mass is 378 g/mol. The zero-order valence-corrected chi connectivity index (χ0v) is 15.1. The van der Waals surface area contributed by atoms with E-state index in [0.29, 0.717) is 20.0 Å². The molecule has 3 aromatic rings. The summed E-state index contributed by atoms with van der Waals surface area (Å²) in [6.45, 7) is 0. The molecule has 0 aliphatic heterocycles. The molecule has 3 rings (SSSR count). The van der Waals surface area contributed by atoms with Crippen LogP contribution in [0, 0.1) is 0 Å². The molecule has 0 fully saturated rings. The molecule has 2 aromatic carbocycles. The van der Waals surface area contributed by atoms with Gasteiger partial charge in [0.2, 0.25) is 0 Å². The fourth-order valence-electron chi connectivity index (χ4n) is 2.20. The lowest BCUT2D eigenvalue weighted by Crippen LogP contribution is -2.01. The van der Waals surface area contributed by atoms with E-state index in [-0.39, 0.29) is 5.78 Å². The number of hydrogen-bond acceptors (Lipinski definition) is 3. The highest BCUT2D eigenvalue weighted by atomic mass is 35.5. The standard InChI is InChI=1S/C18H12Cl2OS2/c19-17-10-14(18(20)23-17)15(21)11-22-16-9-5-4-8-13(16)12-6-2-1-3-7-12/h1-10H,11H2. The van der Waals surface area contributed by atoms with Crippen molar-refractivity contribution in [2.45, 2.75) is 4.90 Å². The molecule has 0 radical (unpaired) electrons. The molecule has 0 aliphatic rings. The Morgan fingerprint density at radius 2 is 1.70 bits per heavy atom. The molecule has 0 saturated heterocycles. The smallest absolute Gasteiger partial charge is 0.175 e. The number of rotatable bonds is 5. The number of thiophene rings is 1. The molecule has 1 aromatic heterocycles.